The molecule has 0 aromatic carbocycles. The van der Waals surface area contributed by atoms with Crippen molar-refractivity contribution in [2.75, 3.05) is 0 Å². The third-order valence-corrected chi connectivity index (χ3v) is 3.10. The molecule has 1 aromatic rings. The zero-order valence-electron chi connectivity index (χ0n) is 9.48. The summed E-state index contributed by atoms with van der Waals surface area (Å²) >= 11 is 5.71. The van der Waals surface area contributed by atoms with Gasteiger partial charge < -0.3 is 5.11 Å². The van der Waals surface area contributed by atoms with E-state index in [0.29, 0.717) is 12.8 Å². The zero-order chi connectivity index (χ0) is 13.3. The minimum Gasteiger partial charge on any atom is -0.385 e. The Kier molecular flexibility index (Phi) is 4.04. The number of hydrogen-bond acceptors (Lipinski definition) is 2. The lowest BCUT2D eigenvalue weighted by atomic mass is 9.89. The zero-order valence-corrected chi connectivity index (χ0v) is 10.2. The summed E-state index contributed by atoms with van der Waals surface area (Å²) in [6.45, 7) is 3.47. The minimum absolute atomic E-state index is 0.233. The van der Waals surface area contributed by atoms with Gasteiger partial charge in [-0.3, -0.25) is 0 Å². The Balaban J connectivity index is 3.23. The standard InChI is InChI=1S/C11H13ClF3NO/c1-3-10(17,4-2)7-5-6-8(11(13,14)15)16-9(7)12/h5-6,17H,3-4H2,1-2H3. The van der Waals surface area contributed by atoms with Crippen LogP contribution in [0.1, 0.15) is 37.9 Å². The van der Waals surface area contributed by atoms with Gasteiger partial charge in [0.15, 0.2) is 0 Å². The highest BCUT2D eigenvalue weighted by atomic mass is 35.5. The number of rotatable bonds is 3. The summed E-state index contributed by atoms with van der Waals surface area (Å²) in [4.78, 5) is 3.29. The molecule has 0 unspecified atom stereocenters. The molecule has 0 saturated heterocycles. The van der Waals surface area contributed by atoms with E-state index < -0.39 is 17.5 Å². The van der Waals surface area contributed by atoms with Gasteiger partial charge in [0.05, 0.1) is 5.60 Å². The molecule has 96 valence electrons. The molecule has 6 heteroatoms. The van der Waals surface area contributed by atoms with E-state index in [0.717, 1.165) is 6.07 Å². The van der Waals surface area contributed by atoms with Gasteiger partial charge in [0.1, 0.15) is 10.8 Å². The number of nitrogens with zero attached hydrogens (tertiary/aromatic N) is 1. The number of aliphatic hydroxyl groups is 1. The van der Waals surface area contributed by atoms with Crippen LogP contribution in [-0.2, 0) is 11.8 Å². The third-order valence-electron chi connectivity index (χ3n) is 2.81. The Labute approximate surface area is 102 Å². The van der Waals surface area contributed by atoms with E-state index in [1.165, 1.54) is 6.07 Å². The van der Waals surface area contributed by atoms with Crippen LogP contribution in [0.5, 0.6) is 0 Å². The van der Waals surface area contributed by atoms with Crippen molar-refractivity contribution in [3.63, 3.8) is 0 Å². The minimum atomic E-state index is -4.53. The second-order valence-electron chi connectivity index (χ2n) is 3.77. The lowest BCUT2D eigenvalue weighted by Gasteiger charge is -2.26. The Hall–Kier alpha value is -0.810. The van der Waals surface area contributed by atoms with Gasteiger partial charge in [0, 0.05) is 5.56 Å². The molecule has 1 aromatic heterocycles. The molecule has 2 nitrogen and oxygen atoms in total. The fraction of sp³-hybridized carbons (Fsp3) is 0.545. The number of aromatic nitrogens is 1. The van der Waals surface area contributed by atoms with Crippen molar-refractivity contribution >= 4 is 11.6 Å². The van der Waals surface area contributed by atoms with Gasteiger partial charge in [0.2, 0.25) is 0 Å². The molecule has 0 fully saturated rings. The predicted molar refractivity (Wildman–Crippen MR) is 58.7 cm³/mol. The summed E-state index contributed by atoms with van der Waals surface area (Å²) in [6.07, 6.45) is -3.81. The molecule has 1 rings (SSSR count). The fourth-order valence-electron chi connectivity index (χ4n) is 1.57. The summed E-state index contributed by atoms with van der Waals surface area (Å²) in [6, 6.07) is 2.02. The lowest BCUT2D eigenvalue weighted by molar-refractivity contribution is -0.141. The Morgan fingerprint density at radius 3 is 2.12 bits per heavy atom. The van der Waals surface area contributed by atoms with E-state index in [2.05, 4.69) is 4.98 Å². The highest BCUT2D eigenvalue weighted by molar-refractivity contribution is 6.30. The van der Waals surface area contributed by atoms with E-state index in [1.807, 2.05) is 0 Å². The van der Waals surface area contributed by atoms with Crippen molar-refractivity contribution in [3.8, 4) is 0 Å². The largest absolute Gasteiger partial charge is 0.433 e. The SMILES string of the molecule is CCC(O)(CC)c1ccc(C(F)(F)F)nc1Cl. The number of alkyl halides is 3. The van der Waals surface area contributed by atoms with Crippen LogP contribution in [0.4, 0.5) is 13.2 Å². The fourth-order valence-corrected chi connectivity index (χ4v) is 1.90. The van der Waals surface area contributed by atoms with E-state index in [-0.39, 0.29) is 10.7 Å². The smallest absolute Gasteiger partial charge is 0.385 e. The van der Waals surface area contributed by atoms with Crippen LogP contribution in [0.25, 0.3) is 0 Å². The highest BCUT2D eigenvalue weighted by Crippen LogP contribution is 2.35. The van der Waals surface area contributed by atoms with Crippen LogP contribution in [0, 0.1) is 0 Å². The molecule has 0 bridgehead atoms. The van der Waals surface area contributed by atoms with Crippen LogP contribution in [0.2, 0.25) is 5.15 Å². The van der Waals surface area contributed by atoms with Crippen molar-refractivity contribution in [1.29, 1.82) is 0 Å². The highest BCUT2D eigenvalue weighted by Gasteiger charge is 2.35. The summed E-state index contributed by atoms with van der Waals surface area (Å²) < 4.78 is 37.1. The van der Waals surface area contributed by atoms with Gasteiger partial charge in [-0.05, 0) is 18.9 Å². The quantitative estimate of drug-likeness (QED) is 0.846. The topological polar surface area (TPSA) is 33.1 Å². The first-order valence-electron chi connectivity index (χ1n) is 5.21. The van der Waals surface area contributed by atoms with Crippen molar-refractivity contribution in [3.05, 3.63) is 28.5 Å². The van der Waals surface area contributed by atoms with Crippen molar-refractivity contribution < 1.29 is 18.3 Å². The van der Waals surface area contributed by atoms with E-state index >= 15 is 0 Å². The molecule has 0 aliphatic rings. The van der Waals surface area contributed by atoms with E-state index in [9.17, 15) is 18.3 Å². The summed E-state index contributed by atoms with van der Waals surface area (Å²) in [5.41, 5.74) is -2.05. The van der Waals surface area contributed by atoms with Gasteiger partial charge in [0.25, 0.3) is 0 Å². The molecule has 0 amide bonds. The molecular formula is C11H13ClF3NO. The summed E-state index contributed by atoms with van der Waals surface area (Å²) in [7, 11) is 0. The van der Waals surface area contributed by atoms with Crippen LogP contribution in [0.3, 0.4) is 0 Å². The lowest BCUT2D eigenvalue weighted by Crippen LogP contribution is -2.25. The Morgan fingerprint density at radius 1 is 1.24 bits per heavy atom. The maximum absolute atomic E-state index is 12.4. The van der Waals surface area contributed by atoms with Gasteiger partial charge in [-0.25, -0.2) is 4.98 Å². The molecular weight excluding hydrogens is 255 g/mol. The van der Waals surface area contributed by atoms with E-state index in [4.69, 9.17) is 11.6 Å². The maximum Gasteiger partial charge on any atom is 0.433 e. The molecule has 1 heterocycles. The number of pyridine rings is 1. The average molecular weight is 268 g/mol. The molecule has 17 heavy (non-hydrogen) atoms. The molecule has 0 radical (unpaired) electrons. The van der Waals surface area contributed by atoms with Gasteiger partial charge in [-0.2, -0.15) is 13.2 Å². The summed E-state index contributed by atoms with van der Waals surface area (Å²) in [5.74, 6) is 0. The van der Waals surface area contributed by atoms with Crippen LogP contribution in [-0.4, -0.2) is 10.1 Å². The van der Waals surface area contributed by atoms with Gasteiger partial charge in [-0.15, -0.1) is 0 Å². The first-order chi connectivity index (χ1) is 7.74. The second-order valence-corrected chi connectivity index (χ2v) is 4.13. The molecule has 0 atom stereocenters. The molecule has 0 aliphatic heterocycles. The Bertz CT molecular complexity index is 402. The Morgan fingerprint density at radius 2 is 1.76 bits per heavy atom. The first-order valence-corrected chi connectivity index (χ1v) is 5.59. The van der Waals surface area contributed by atoms with E-state index in [1.54, 1.807) is 13.8 Å². The number of hydrogen-bond donors (Lipinski definition) is 1. The van der Waals surface area contributed by atoms with Crippen molar-refractivity contribution in [2.45, 2.75) is 38.5 Å². The second kappa shape index (κ2) is 4.82. The van der Waals surface area contributed by atoms with Crippen LogP contribution < -0.4 is 0 Å². The van der Waals surface area contributed by atoms with Gasteiger partial charge >= 0.3 is 6.18 Å². The van der Waals surface area contributed by atoms with Gasteiger partial charge in [-0.1, -0.05) is 31.5 Å². The maximum atomic E-state index is 12.4. The molecule has 0 aliphatic carbocycles. The summed E-state index contributed by atoms with van der Waals surface area (Å²) in [5, 5.41) is 9.87. The molecule has 0 saturated carbocycles. The molecule has 1 N–H and O–H groups in total. The number of halogens is 4. The molecule has 0 spiro atoms. The normalized spacial score (nSPS) is 12.9. The third kappa shape index (κ3) is 2.90. The van der Waals surface area contributed by atoms with Crippen LogP contribution >= 0.6 is 11.6 Å². The van der Waals surface area contributed by atoms with Crippen molar-refractivity contribution in [2.24, 2.45) is 0 Å². The van der Waals surface area contributed by atoms with Crippen LogP contribution in [0.15, 0.2) is 12.1 Å². The predicted octanol–water partition coefficient (Wildman–Crippen LogP) is 3.76. The van der Waals surface area contributed by atoms with Crippen molar-refractivity contribution in [1.82, 2.24) is 4.98 Å². The first kappa shape index (κ1) is 14.3. The monoisotopic (exact) mass is 267 g/mol. The average Bonchev–Trinajstić information content (AvgIpc) is 2.26.